The summed E-state index contributed by atoms with van der Waals surface area (Å²) in [6, 6.07) is 5.03. The summed E-state index contributed by atoms with van der Waals surface area (Å²) < 4.78 is 26.5. The SMILES string of the molecule is Cc1cc(C(=O)N2CCC(NC(=O)c3ccsc3)CC2)cc(S(=O)(=O)N(C)C)c1C. The minimum Gasteiger partial charge on any atom is -0.349 e. The molecule has 1 aliphatic heterocycles. The van der Waals surface area contributed by atoms with E-state index in [2.05, 4.69) is 5.32 Å². The number of likely N-dealkylation sites (tertiary alicyclic amines) is 1. The summed E-state index contributed by atoms with van der Waals surface area (Å²) in [5, 5.41) is 6.70. The topological polar surface area (TPSA) is 86.8 Å². The Morgan fingerprint density at radius 2 is 1.80 bits per heavy atom. The Hall–Kier alpha value is -2.23. The van der Waals surface area contributed by atoms with Gasteiger partial charge in [-0.25, -0.2) is 12.7 Å². The minimum atomic E-state index is -3.64. The molecule has 0 bridgehead atoms. The van der Waals surface area contributed by atoms with E-state index in [-0.39, 0.29) is 22.8 Å². The quantitative estimate of drug-likeness (QED) is 0.760. The molecule has 0 saturated carbocycles. The van der Waals surface area contributed by atoms with Crippen LogP contribution in [0.25, 0.3) is 0 Å². The van der Waals surface area contributed by atoms with Crippen molar-refractivity contribution in [1.29, 1.82) is 0 Å². The Bertz CT molecular complexity index is 1040. The van der Waals surface area contributed by atoms with Gasteiger partial charge in [0, 0.05) is 49.7 Å². The molecule has 2 aromatic rings. The van der Waals surface area contributed by atoms with Gasteiger partial charge in [-0.2, -0.15) is 11.3 Å². The van der Waals surface area contributed by atoms with E-state index < -0.39 is 10.0 Å². The van der Waals surface area contributed by atoms with Gasteiger partial charge in [0.2, 0.25) is 10.0 Å². The zero-order valence-corrected chi connectivity index (χ0v) is 19.3. The fourth-order valence-corrected chi connectivity index (χ4v) is 5.34. The zero-order valence-electron chi connectivity index (χ0n) is 17.6. The van der Waals surface area contributed by atoms with Crippen molar-refractivity contribution < 1.29 is 18.0 Å². The molecule has 2 amide bonds. The fourth-order valence-electron chi connectivity index (χ4n) is 3.49. The van der Waals surface area contributed by atoms with Crippen molar-refractivity contribution in [2.75, 3.05) is 27.2 Å². The monoisotopic (exact) mass is 449 g/mol. The number of nitrogens with one attached hydrogen (secondary N) is 1. The molecule has 0 atom stereocenters. The van der Waals surface area contributed by atoms with Gasteiger partial charge < -0.3 is 10.2 Å². The number of rotatable bonds is 5. The number of aryl methyl sites for hydroxylation is 1. The summed E-state index contributed by atoms with van der Waals surface area (Å²) in [5.41, 5.74) is 2.44. The second-order valence-electron chi connectivity index (χ2n) is 7.76. The molecule has 0 unspecified atom stereocenters. The number of thiophene rings is 1. The van der Waals surface area contributed by atoms with Crippen LogP contribution in [0.15, 0.2) is 33.9 Å². The Morgan fingerprint density at radius 1 is 1.13 bits per heavy atom. The number of piperidine rings is 1. The van der Waals surface area contributed by atoms with Crippen molar-refractivity contribution in [3.05, 3.63) is 51.2 Å². The normalized spacial score (nSPS) is 15.4. The van der Waals surface area contributed by atoms with Crippen molar-refractivity contribution in [2.45, 2.75) is 37.6 Å². The highest BCUT2D eigenvalue weighted by Gasteiger charge is 2.28. The molecule has 0 radical (unpaired) electrons. The van der Waals surface area contributed by atoms with Gasteiger partial charge in [0.1, 0.15) is 0 Å². The van der Waals surface area contributed by atoms with Crippen LogP contribution >= 0.6 is 11.3 Å². The largest absolute Gasteiger partial charge is 0.349 e. The number of carbonyl (C=O) groups excluding carboxylic acids is 2. The first-order valence-electron chi connectivity index (χ1n) is 9.77. The van der Waals surface area contributed by atoms with Crippen LogP contribution in [0.2, 0.25) is 0 Å². The molecular formula is C21H27N3O4S2. The zero-order chi connectivity index (χ0) is 22.1. The molecule has 30 heavy (non-hydrogen) atoms. The molecule has 3 rings (SSSR count). The van der Waals surface area contributed by atoms with Gasteiger partial charge in [-0.15, -0.1) is 0 Å². The highest BCUT2D eigenvalue weighted by molar-refractivity contribution is 7.89. The third-order valence-electron chi connectivity index (χ3n) is 5.53. The van der Waals surface area contributed by atoms with Gasteiger partial charge in [-0.1, -0.05) is 0 Å². The van der Waals surface area contributed by atoms with Crippen LogP contribution in [0.5, 0.6) is 0 Å². The minimum absolute atomic E-state index is 0.0193. The van der Waals surface area contributed by atoms with Gasteiger partial charge in [-0.3, -0.25) is 9.59 Å². The van der Waals surface area contributed by atoms with E-state index in [4.69, 9.17) is 0 Å². The maximum atomic E-state index is 13.1. The number of nitrogens with zero attached hydrogens (tertiary/aromatic N) is 2. The third-order valence-corrected chi connectivity index (χ3v) is 8.15. The molecule has 1 fully saturated rings. The number of amides is 2. The molecule has 0 spiro atoms. The van der Waals surface area contributed by atoms with Crippen LogP contribution in [0.3, 0.4) is 0 Å². The second kappa shape index (κ2) is 8.87. The Kier molecular flexibility index (Phi) is 6.64. The van der Waals surface area contributed by atoms with Gasteiger partial charge in [0.05, 0.1) is 4.90 Å². The van der Waals surface area contributed by atoms with E-state index >= 15 is 0 Å². The van der Waals surface area contributed by atoms with Crippen molar-refractivity contribution in [2.24, 2.45) is 0 Å². The van der Waals surface area contributed by atoms with Crippen LogP contribution in [0, 0.1) is 13.8 Å². The van der Waals surface area contributed by atoms with Crippen molar-refractivity contribution in [3.8, 4) is 0 Å². The first-order chi connectivity index (χ1) is 14.1. The Balaban J connectivity index is 1.71. The maximum Gasteiger partial charge on any atom is 0.253 e. The van der Waals surface area contributed by atoms with E-state index in [0.717, 1.165) is 9.87 Å². The first kappa shape index (κ1) is 22.5. The molecule has 0 aliphatic carbocycles. The lowest BCUT2D eigenvalue weighted by molar-refractivity contribution is 0.0697. The lowest BCUT2D eigenvalue weighted by Crippen LogP contribution is -2.46. The summed E-state index contributed by atoms with van der Waals surface area (Å²) in [6.45, 7) is 4.58. The second-order valence-corrected chi connectivity index (χ2v) is 10.7. The first-order valence-corrected chi connectivity index (χ1v) is 12.2. The van der Waals surface area contributed by atoms with E-state index in [1.807, 2.05) is 17.7 Å². The van der Waals surface area contributed by atoms with Gasteiger partial charge in [0.15, 0.2) is 0 Å². The van der Waals surface area contributed by atoms with Crippen molar-refractivity contribution in [1.82, 2.24) is 14.5 Å². The molecule has 1 aromatic carbocycles. The van der Waals surface area contributed by atoms with Gasteiger partial charge >= 0.3 is 0 Å². The lowest BCUT2D eigenvalue weighted by Gasteiger charge is -2.32. The van der Waals surface area contributed by atoms with Crippen LogP contribution in [0.1, 0.15) is 44.7 Å². The summed E-state index contributed by atoms with van der Waals surface area (Å²) in [7, 11) is -0.685. The lowest BCUT2D eigenvalue weighted by atomic mass is 10.0. The van der Waals surface area contributed by atoms with Crippen molar-refractivity contribution >= 4 is 33.2 Å². The van der Waals surface area contributed by atoms with E-state index in [1.165, 1.54) is 31.5 Å². The third kappa shape index (κ3) is 4.58. The number of hydrogen-bond acceptors (Lipinski definition) is 5. The average Bonchev–Trinajstić information content (AvgIpc) is 3.24. The van der Waals surface area contributed by atoms with Crippen LogP contribution in [-0.2, 0) is 10.0 Å². The predicted octanol–water partition coefficient (Wildman–Crippen LogP) is 2.65. The summed E-state index contributed by atoms with van der Waals surface area (Å²) in [6.07, 6.45) is 1.32. The number of carbonyl (C=O) groups is 2. The molecule has 1 aliphatic rings. The van der Waals surface area contributed by atoms with Crippen molar-refractivity contribution in [3.63, 3.8) is 0 Å². The molecule has 2 heterocycles. The standard InChI is InChI=1S/C21H27N3O4S2/c1-14-11-17(12-19(15(14)2)30(27,28)23(3)4)21(26)24-8-5-18(6-9-24)22-20(25)16-7-10-29-13-16/h7,10-13,18H,5-6,8-9H2,1-4H3,(H,22,25). The van der Waals surface area contributed by atoms with Crippen LogP contribution < -0.4 is 5.32 Å². The molecule has 9 heteroatoms. The van der Waals surface area contributed by atoms with Gasteiger partial charge in [0.25, 0.3) is 11.8 Å². The summed E-state index contributed by atoms with van der Waals surface area (Å²) in [4.78, 5) is 27.2. The maximum absolute atomic E-state index is 13.1. The van der Waals surface area contributed by atoms with Gasteiger partial charge in [-0.05, 0) is 61.4 Å². The summed E-state index contributed by atoms with van der Waals surface area (Å²) in [5.74, 6) is -0.273. The highest BCUT2D eigenvalue weighted by Crippen LogP contribution is 2.25. The predicted molar refractivity (Wildman–Crippen MR) is 117 cm³/mol. The Labute approximate surface area is 181 Å². The fraction of sp³-hybridized carbons (Fsp3) is 0.429. The molecule has 162 valence electrons. The molecule has 1 N–H and O–H groups in total. The van der Waals surface area contributed by atoms with E-state index in [9.17, 15) is 18.0 Å². The summed E-state index contributed by atoms with van der Waals surface area (Å²) >= 11 is 1.48. The molecular weight excluding hydrogens is 422 g/mol. The smallest absolute Gasteiger partial charge is 0.253 e. The number of benzene rings is 1. The molecule has 7 nitrogen and oxygen atoms in total. The van der Waals surface area contributed by atoms with Crippen LogP contribution in [-0.4, -0.2) is 62.7 Å². The highest BCUT2D eigenvalue weighted by atomic mass is 32.2. The Morgan fingerprint density at radius 3 is 2.37 bits per heavy atom. The number of hydrogen-bond donors (Lipinski definition) is 1. The molecule has 1 aromatic heterocycles. The van der Waals surface area contributed by atoms with Crippen LogP contribution in [0.4, 0.5) is 0 Å². The average molecular weight is 450 g/mol. The number of sulfonamides is 1. The van der Waals surface area contributed by atoms with E-state index in [1.54, 1.807) is 24.0 Å². The van der Waals surface area contributed by atoms with E-state index in [0.29, 0.717) is 42.6 Å². The molecule has 1 saturated heterocycles.